The molecule has 1 aromatic heterocycles. The quantitative estimate of drug-likeness (QED) is 0.719. The number of carbonyl (C=O) groups is 1. The van der Waals surface area contributed by atoms with E-state index in [1.807, 2.05) is 38.1 Å². The molecule has 2 aromatic rings. The zero-order valence-electron chi connectivity index (χ0n) is 17.0. The second kappa shape index (κ2) is 9.87. The van der Waals surface area contributed by atoms with Crippen LogP contribution in [0, 0.1) is 0 Å². The first kappa shape index (κ1) is 20.6. The summed E-state index contributed by atoms with van der Waals surface area (Å²) >= 11 is 0. The summed E-state index contributed by atoms with van der Waals surface area (Å²) in [5.41, 5.74) is 0.671. The fourth-order valence-electron chi connectivity index (χ4n) is 2.71. The number of hydrogen-bond acceptors (Lipinski definition) is 8. The molecule has 1 saturated heterocycles. The number of hydrogen-bond donors (Lipinski definition) is 2. The predicted octanol–water partition coefficient (Wildman–Crippen LogP) is 1.49. The summed E-state index contributed by atoms with van der Waals surface area (Å²) in [6, 6.07) is 6.85. The highest BCUT2D eigenvalue weighted by Crippen LogP contribution is 2.16. The normalized spacial score (nSPS) is 13.7. The number of carbonyl (C=O) groups excluding carboxylic acids is 1. The van der Waals surface area contributed by atoms with Crippen molar-refractivity contribution in [2.75, 3.05) is 62.1 Å². The minimum absolute atomic E-state index is 0.184. The molecule has 1 aliphatic heterocycles. The summed E-state index contributed by atoms with van der Waals surface area (Å²) < 4.78 is 10.8. The zero-order valence-corrected chi connectivity index (χ0v) is 17.0. The Kier molecular flexibility index (Phi) is 7.01. The molecule has 3 rings (SSSR count). The highest BCUT2D eigenvalue weighted by Gasteiger charge is 2.17. The number of nitrogens with zero attached hydrogens (tertiary/aromatic N) is 5. The van der Waals surface area contributed by atoms with Crippen molar-refractivity contribution in [3.63, 3.8) is 0 Å². The Morgan fingerprint density at radius 3 is 2.55 bits per heavy atom. The summed E-state index contributed by atoms with van der Waals surface area (Å²) in [6.07, 6.45) is 0. The van der Waals surface area contributed by atoms with Crippen molar-refractivity contribution in [3.8, 4) is 5.75 Å². The first-order chi connectivity index (χ1) is 14.0. The largest absolute Gasteiger partial charge is 0.494 e. The molecule has 1 aromatic carbocycles. The van der Waals surface area contributed by atoms with Crippen molar-refractivity contribution in [1.29, 1.82) is 0 Å². The molecular formula is C19H27N7O3. The fourth-order valence-corrected chi connectivity index (χ4v) is 2.71. The Hall–Kier alpha value is -3.14. The van der Waals surface area contributed by atoms with Gasteiger partial charge in [0, 0.05) is 32.9 Å². The van der Waals surface area contributed by atoms with Crippen molar-refractivity contribution in [3.05, 3.63) is 30.1 Å². The Morgan fingerprint density at radius 2 is 1.90 bits per heavy atom. The Morgan fingerprint density at radius 1 is 1.17 bits per heavy atom. The van der Waals surface area contributed by atoms with Crippen LogP contribution in [-0.4, -0.2) is 68.0 Å². The molecule has 29 heavy (non-hydrogen) atoms. The van der Waals surface area contributed by atoms with Crippen molar-refractivity contribution in [1.82, 2.24) is 20.3 Å². The summed E-state index contributed by atoms with van der Waals surface area (Å²) in [4.78, 5) is 29.6. The smallest absolute Gasteiger partial charge is 0.319 e. The Labute approximate surface area is 170 Å². The van der Waals surface area contributed by atoms with E-state index in [4.69, 9.17) is 9.47 Å². The molecule has 0 saturated carbocycles. The molecular weight excluding hydrogens is 374 g/mol. The van der Waals surface area contributed by atoms with Crippen LogP contribution < -0.4 is 25.2 Å². The minimum atomic E-state index is -0.339. The van der Waals surface area contributed by atoms with Crippen molar-refractivity contribution < 1.29 is 14.3 Å². The van der Waals surface area contributed by atoms with Crippen molar-refractivity contribution >= 4 is 23.6 Å². The summed E-state index contributed by atoms with van der Waals surface area (Å²) in [5.74, 6) is 2.39. The second-order valence-electron chi connectivity index (χ2n) is 6.61. The lowest BCUT2D eigenvalue weighted by Gasteiger charge is -2.27. The van der Waals surface area contributed by atoms with Gasteiger partial charge in [0.25, 0.3) is 0 Å². The summed E-state index contributed by atoms with van der Waals surface area (Å²) in [6.45, 7) is 5.43. The van der Waals surface area contributed by atoms with Gasteiger partial charge in [0.05, 0.1) is 26.4 Å². The van der Waals surface area contributed by atoms with E-state index in [0.717, 1.165) is 18.8 Å². The van der Waals surface area contributed by atoms with Crippen molar-refractivity contribution in [2.45, 2.75) is 13.5 Å². The third-order valence-corrected chi connectivity index (χ3v) is 4.18. The molecule has 0 bridgehead atoms. The molecule has 156 valence electrons. The Bertz CT molecular complexity index is 808. The third kappa shape index (κ3) is 5.92. The van der Waals surface area contributed by atoms with Gasteiger partial charge in [-0.1, -0.05) is 0 Å². The average molecular weight is 401 g/mol. The van der Waals surface area contributed by atoms with E-state index in [0.29, 0.717) is 43.2 Å². The number of urea groups is 1. The maximum Gasteiger partial charge on any atom is 0.319 e. The van der Waals surface area contributed by atoms with Crippen molar-refractivity contribution in [2.24, 2.45) is 0 Å². The van der Waals surface area contributed by atoms with Crippen LogP contribution in [0.2, 0.25) is 0 Å². The van der Waals surface area contributed by atoms with E-state index in [9.17, 15) is 4.79 Å². The van der Waals surface area contributed by atoms with E-state index in [2.05, 4.69) is 30.5 Å². The van der Waals surface area contributed by atoms with Crippen LogP contribution in [0.5, 0.6) is 5.75 Å². The highest BCUT2D eigenvalue weighted by molar-refractivity contribution is 5.89. The van der Waals surface area contributed by atoms with Gasteiger partial charge in [-0.15, -0.1) is 0 Å². The van der Waals surface area contributed by atoms with Gasteiger partial charge in [0.2, 0.25) is 11.9 Å². The number of benzene rings is 1. The molecule has 0 radical (unpaired) electrons. The lowest BCUT2D eigenvalue weighted by Crippen LogP contribution is -2.38. The lowest BCUT2D eigenvalue weighted by molar-refractivity contribution is 0.122. The molecule has 2 N–H and O–H groups in total. The van der Waals surface area contributed by atoms with Gasteiger partial charge < -0.3 is 29.9 Å². The molecule has 0 atom stereocenters. The molecule has 1 aliphatic rings. The first-order valence-electron chi connectivity index (χ1n) is 9.58. The standard InChI is InChI=1S/C19H27N7O3/c1-4-29-15-7-5-14(6-8-15)21-19(27)20-13-16-22-17(25(2)3)24-18(23-16)26-9-11-28-12-10-26/h5-8H,4,9-13H2,1-3H3,(H2,20,21,27). The molecule has 10 heteroatoms. The summed E-state index contributed by atoms with van der Waals surface area (Å²) in [7, 11) is 3.74. The van der Waals surface area contributed by atoms with Gasteiger partial charge in [0.1, 0.15) is 5.75 Å². The number of anilines is 3. The topological polar surface area (TPSA) is 105 Å². The van der Waals surface area contributed by atoms with E-state index >= 15 is 0 Å². The Balaban J connectivity index is 1.62. The van der Waals surface area contributed by atoms with Gasteiger partial charge in [-0.3, -0.25) is 0 Å². The summed E-state index contributed by atoms with van der Waals surface area (Å²) in [5, 5.41) is 5.57. The van der Waals surface area contributed by atoms with Gasteiger partial charge >= 0.3 is 6.03 Å². The van der Waals surface area contributed by atoms with Crippen LogP contribution in [0.4, 0.5) is 22.4 Å². The van der Waals surface area contributed by atoms with Gasteiger partial charge in [-0.05, 0) is 31.2 Å². The first-order valence-corrected chi connectivity index (χ1v) is 9.58. The number of morpholine rings is 1. The molecule has 0 spiro atoms. The molecule has 1 fully saturated rings. The SMILES string of the molecule is CCOc1ccc(NC(=O)NCc2nc(N(C)C)nc(N3CCOCC3)n2)cc1. The van der Waals surface area contributed by atoms with Crippen LogP contribution in [0.25, 0.3) is 0 Å². The average Bonchev–Trinajstić information content (AvgIpc) is 2.74. The third-order valence-electron chi connectivity index (χ3n) is 4.18. The van der Waals surface area contributed by atoms with Gasteiger partial charge in [-0.25, -0.2) is 4.79 Å². The van der Waals surface area contributed by atoms with Crippen LogP contribution in [0.3, 0.4) is 0 Å². The van der Waals surface area contributed by atoms with Crippen LogP contribution >= 0.6 is 0 Å². The minimum Gasteiger partial charge on any atom is -0.494 e. The fraction of sp³-hybridized carbons (Fsp3) is 0.474. The number of amides is 2. The maximum absolute atomic E-state index is 12.2. The number of aromatic nitrogens is 3. The van der Waals surface area contributed by atoms with E-state index in [-0.39, 0.29) is 12.6 Å². The molecule has 0 unspecified atom stereocenters. The number of nitrogens with one attached hydrogen (secondary N) is 2. The molecule has 2 heterocycles. The molecule has 0 aliphatic carbocycles. The van der Waals surface area contributed by atoms with E-state index in [1.165, 1.54) is 0 Å². The highest BCUT2D eigenvalue weighted by atomic mass is 16.5. The van der Waals surface area contributed by atoms with Crippen LogP contribution in [0.15, 0.2) is 24.3 Å². The molecule has 2 amide bonds. The van der Waals surface area contributed by atoms with Gasteiger partial charge in [0.15, 0.2) is 5.82 Å². The number of ether oxygens (including phenoxy) is 2. The lowest BCUT2D eigenvalue weighted by atomic mass is 10.3. The van der Waals surface area contributed by atoms with E-state index in [1.54, 1.807) is 12.1 Å². The maximum atomic E-state index is 12.2. The van der Waals surface area contributed by atoms with E-state index < -0.39 is 0 Å². The zero-order chi connectivity index (χ0) is 20.6. The van der Waals surface area contributed by atoms with Crippen LogP contribution in [-0.2, 0) is 11.3 Å². The number of rotatable bonds is 7. The predicted molar refractivity (Wildman–Crippen MR) is 111 cm³/mol. The second-order valence-corrected chi connectivity index (χ2v) is 6.61. The molecule has 10 nitrogen and oxygen atoms in total. The monoisotopic (exact) mass is 401 g/mol. The van der Waals surface area contributed by atoms with Crippen LogP contribution in [0.1, 0.15) is 12.7 Å². The van der Waals surface area contributed by atoms with Gasteiger partial charge in [-0.2, -0.15) is 15.0 Å².